The van der Waals surface area contributed by atoms with Gasteiger partial charge in [-0.1, -0.05) is 19.9 Å². The van der Waals surface area contributed by atoms with Gasteiger partial charge in [0.15, 0.2) is 5.69 Å². The number of nitrogens with one attached hydrogen (secondary N) is 2. The second-order valence-corrected chi connectivity index (χ2v) is 18.3. The Hall–Kier alpha value is -4.42. The third kappa shape index (κ3) is 8.93. The molecule has 2 N–H and O–H groups in total. The molecule has 12 nitrogen and oxygen atoms in total. The topological polar surface area (TPSA) is 127 Å². The highest BCUT2D eigenvalue weighted by Gasteiger charge is 2.63. The van der Waals surface area contributed by atoms with E-state index in [2.05, 4.69) is 36.4 Å². The van der Waals surface area contributed by atoms with Crippen molar-refractivity contribution in [1.29, 1.82) is 0 Å². The Labute approximate surface area is 345 Å². The van der Waals surface area contributed by atoms with Crippen molar-refractivity contribution in [2.75, 3.05) is 61.5 Å². The first kappa shape index (κ1) is 43.2. The molecule has 0 aliphatic heterocycles. The Morgan fingerprint density at radius 2 is 1.52 bits per heavy atom. The van der Waals surface area contributed by atoms with Crippen LogP contribution in [0.25, 0.3) is 16.9 Å². The van der Waals surface area contributed by atoms with Gasteiger partial charge in [0.05, 0.1) is 31.2 Å². The molecule has 4 bridgehead atoms. The van der Waals surface area contributed by atoms with Gasteiger partial charge >= 0.3 is 5.97 Å². The highest BCUT2D eigenvalue weighted by molar-refractivity contribution is 5.99. The molecule has 4 aliphatic carbocycles. The second kappa shape index (κ2) is 17.8. The Balaban J connectivity index is 1.37. The van der Waals surface area contributed by atoms with Crippen molar-refractivity contribution in [3.8, 4) is 28.4 Å². The largest absolute Gasteiger partial charge is 0.496 e. The van der Waals surface area contributed by atoms with Crippen LogP contribution in [-0.4, -0.2) is 110 Å². The third-order valence-electron chi connectivity index (χ3n) is 12.6. The molecule has 316 valence electrons. The van der Waals surface area contributed by atoms with Crippen molar-refractivity contribution in [1.82, 2.24) is 30.2 Å². The maximum atomic E-state index is 14.8. The molecule has 1 aromatic heterocycles. The normalized spacial score (nSPS) is 22.3. The lowest BCUT2D eigenvalue weighted by Gasteiger charge is -2.59. The van der Waals surface area contributed by atoms with E-state index in [0.29, 0.717) is 46.7 Å². The van der Waals surface area contributed by atoms with Crippen LogP contribution in [0.4, 0.5) is 0 Å². The van der Waals surface area contributed by atoms with Crippen LogP contribution in [0.5, 0.6) is 11.5 Å². The van der Waals surface area contributed by atoms with Crippen LogP contribution < -0.4 is 20.1 Å². The van der Waals surface area contributed by atoms with Crippen molar-refractivity contribution in [3.63, 3.8) is 0 Å². The Bertz CT molecular complexity index is 1900. The predicted octanol–water partition coefficient (Wildman–Crippen LogP) is 6.95. The van der Waals surface area contributed by atoms with Gasteiger partial charge in [0, 0.05) is 19.2 Å². The Morgan fingerprint density at radius 3 is 2.09 bits per heavy atom. The van der Waals surface area contributed by atoms with Gasteiger partial charge in [0.1, 0.15) is 22.6 Å². The van der Waals surface area contributed by atoms with Gasteiger partial charge in [-0.2, -0.15) is 5.10 Å². The van der Waals surface area contributed by atoms with Gasteiger partial charge in [-0.05, 0) is 171 Å². The van der Waals surface area contributed by atoms with E-state index >= 15 is 0 Å². The van der Waals surface area contributed by atoms with Crippen molar-refractivity contribution >= 4 is 17.8 Å². The molecule has 0 radical (unpaired) electrons. The summed E-state index contributed by atoms with van der Waals surface area (Å²) < 4.78 is 19.6. The molecule has 58 heavy (non-hydrogen) atoms. The monoisotopic (exact) mass is 799 g/mol. The lowest BCUT2D eigenvalue weighted by atomic mass is 9.48. The smallest absolute Gasteiger partial charge is 0.332 e. The third-order valence-corrected chi connectivity index (χ3v) is 12.6. The molecular formula is C46H66N6O6. The summed E-state index contributed by atoms with van der Waals surface area (Å²) >= 11 is 0. The summed E-state index contributed by atoms with van der Waals surface area (Å²) in [5.41, 5.74) is 1.70. The van der Waals surface area contributed by atoms with E-state index < -0.39 is 17.0 Å². The summed E-state index contributed by atoms with van der Waals surface area (Å²) in [6, 6.07) is 13.0. The van der Waals surface area contributed by atoms with E-state index in [4.69, 9.17) is 19.3 Å². The maximum Gasteiger partial charge on any atom is 0.332 e. The molecule has 1 heterocycles. The number of rotatable bonds is 17. The average molecular weight is 799 g/mol. The molecular weight excluding hydrogens is 733 g/mol. The van der Waals surface area contributed by atoms with Crippen LogP contribution in [-0.2, 0) is 9.53 Å². The molecule has 0 atom stereocenters. The Kier molecular flexibility index (Phi) is 13.3. The van der Waals surface area contributed by atoms with E-state index in [1.165, 1.54) is 6.42 Å². The van der Waals surface area contributed by atoms with Crippen LogP contribution in [0.3, 0.4) is 0 Å². The number of hydrogen-bond donors (Lipinski definition) is 2. The van der Waals surface area contributed by atoms with Gasteiger partial charge < -0.3 is 34.6 Å². The SMILES string of the molecule is CNCCCN(C)CCCN(C)C(=O)c1ccc(-n2nc(C(=O)NC3(C(=O)OC(C)(C)C)C4CC5CC(C4)CC3C5)cc2-c2c(OC)cccc2OC)c(C(C)C)c1. The molecule has 3 aromatic rings. The fraction of sp³-hybridized carbons (Fsp3) is 0.609. The van der Waals surface area contributed by atoms with E-state index in [1.54, 1.807) is 29.9 Å². The quantitative estimate of drug-likeness (QED) is 0.110. The molecule has 4 saturated carbocycles. The number of methoxy groups -OCH3 is 2. The van der Waals surface area contributed by atoms with Crippen molar-refractivity contribution in [2.45, 2.75) is 96.6 Å². The number of aromatic nitrogens is 2. The minimum absolute atomic E-state index is 0.00145. The molecule has 4 fully saturated rings. The number of benzene rings is 2. The minimum atomic E-state index is -1.14. The summed E-state index contributed by atoms with van der Waals surface area (Å²) in [6.07, 6.45) is 6.75. The van der Waals surface area contributed by atoms with E-state index in [1.807, 2.05) is 71.3 Å². The fourth-order valence-corrected chi connectivity index (χ4v) is 9.97. The zero-order valence-electron chi connectivity index (χ0n) is 36.4. The molecule has 4 aliphatic rings. The zero-order chi connectivity index (χ0) is 41.9. The lowest BCUT2D eigenvalue weighted by molar-refractivity contribution is -0.180. The lowest BCUT2D eigenvalue weighted by Crippen LogP contribution is -2.71. The maximum absolute atomic E-state index is 14.8. The highest BCUT2D eigenvalue weighted by Crippen LogP contribution is 2.59. The van der Waals surface area contributed by atoms with Gasteiger partial charge in [0.2, 0.25) is 0 Å². The van der Waals surface area contributed by atoms with Gasteiger partial charge in [-0.3, -0.25) is 9.59 Å². The van der Waals surface area contributed by atoms with Crippen LogP contribution in [0, 0.1) is 23.7 Å². The summed E-state index contributed by atoms with van der Waals surface area (Å²) in [5.74, 6) is 1.40. The summed E-state index contributed by atoms with van der Waals surface area (Å²) in [6.45, 7) is 13.3. The second-order valence-electron chi connectivity index (χ2n) is 18.3. The molecule has 2 amide bonds. The molecule has 0 spiro atoms. The standard InChI is InChI=1S/C46H66N6O6/c1-29(2)35-27-32(43(54)51(8)21-13-20-50(7)19-12-18-47-6)16-17-37(35)52-38(41-39(56-9)14-11-15-40(41)57-10)28-36(49-52)42(53)48-46(44(55)58-45(3,4)5)33-23-30-22-31(25-33)26-34(46)24-30/h11,14-17,27-31,33-34,47H,12-13,18-26H2,1-10H3,(H,48,53). The average Bonchev–Trinajstić information content (AvgIpc) is 3.62. The predicted molar refractivity (Wildman–Crippen MR) is 227 cm³/mol. The van der Waals surface area contributed by atoms with Crippen LogP contribution in [0.15, 0.2) is 42.5 Å². The van der Waals surface area contributed by atoms with E-state index in [-0.39, 0.29) is 35.3 Å². The molecule has 0 unspecified atom stereocenters. The zero-order valence-corrected chi connectivity index (χ0v) is 36.4. The number of amides is 2. The number of ether oxygens (including phenoxy) is 3. The highest BCUT2D eigenvalue weighted by atomic mass is 16.6. The van der Waals surface area contributed by atoms with Crippen LogP contribution in [0.1, 0.15) is 112 Å². The fourth-order valence-electron chi connectivity index (χ4n) is 9.97. The molecule has 0 saturated heterocycles. The van der Waals surface area contributed by atoms with Gasteiger partial charge in [0.25, 0.3) is 11.8 Å². The first-order valence-corrected chi connectivity index (χ1v) is 21.2. The first-order chi connectivity index (χ1) is 27.6. The number of nitrogens with zero attached hydrogens (tertiary/aromatic N) is 4. The van der Waals surface area contributed by atoms with E-state index in [0.717, 1.165) is 69.4 Å². The number of hydrogen-bond acceptors (Lipinski definition) is 9. The van der Waals surface area contributed by atoms with Gasteiger partial charge in [-0.25, -0.2) is 9.48 Å². The summed E-state index contributed by atoms with van der Waals surface area (Å²) in [7, 11) is 9.13. The number of esters is 1. The van der Waals surface area contributed by atoms with Crippen molar-refractivity contribution in [3.05, 3.63) is 59.3 Å². The van der Waals surface area contributed by atoms with E-state index in [9.17, 15) is 14.4 Å². The number of carbonyl (C=O) groups is 3. The van der Waals surface area contributed by atoms with Crippen molar-refractivity contribution in [2.24, 2.45) is 23.7 Å². The molecule has 2 aromatic carbocycles. The Morgan fingerprint density at radius 1 is 0.897 bits per heavy atom. The van der Waals surface area contributed by atoms with Crippen LogP contribution in [0.2, 0.25) is 0 Å². The number of carbonyl (C=O) groups excluding carboxylic acids is 3. The van der Waals surface area contributed by atoms with Crippen LogP contribution >= 0.6 is 0 Å². The van der Waals surface area contributed by atoms with Crippen molar-refractivity contribution < 1.29 is 28.6 Å². The molecule has 7 rings (SSSR count). The first-order valence-electron chi connectivity index (χ1n) is 21.2. The minimum Gasteiger partial charge on any atom is -0.496 e. The summed E-state index contributed by atoms with van der Waals surface area (Å²) in [5, 5.41) is 11.5. The summed E-state index contributed by atoms with van der Waals surface area (Å²) in [4.78, 5) is 47.1. The van der Waals surface area contributed by atoms with Gasteiger partial charge in [-0.15, -0.1) is 0 Å². The molecule has 12 heteroatoms.